The highest BCUT2D eigenvalue weighted by Gasteiger charge is 2.79. The van der Waals surface area contributed by atoms with Gasteiger partial charge in [-0.15, -0.1) is 0 Å². The van der Waals surface area contributed by atoms with E-state index in [1.54, 1.807) is 6.92 Å². The van der Waals surface area contributed by atoms with E-state index in [-0.39, 0.29) is 30.0 Å². The predicted octanol–water partition coefficient (Wildman–Crippen LogP) is 1.77. The zero-order valence-electron chi connectivity index (χ0n) is 13.1. The predicted molar refractivity (Wildman–Crippen MR) is 72.1 cm³/mol. The van der Waals surface area contributed by atoms with Crippen molar-refractivity contribution in [1.29, 1.82) is 0 Å². The van der Waals surface area contributed by atoms with Crippen LogP contribution in [-0.4, -0.2) is 35.9 Å². The van der Waals surface area contributed by atoms with Crippen LogP contribution in [0.5, 0.6) is 0 Å². The molecule has 22 heavy (non-hydrogen) atoms. The quantitative estimate of drug-likeness (QED) is 0.418. The highest BCUT2D eigenvalue weighted by molar-refractivity contribution is 5.71. The van der Waals surface area contributed by atoms with E-state index in [9.17, 15) is 4.79 Å². The maximum Gasteiger partial charge on any atom is 0.308 e. The van der Waals surface area contributed by atoms with E-state index in [0.29, 0.717) is 18.3 Å². The van der Waals surface area contributed by atoms with Gasteiger partial charge in [0.25, 0.3) is 0 Å². The van der Waals surface area contributed by atoms with E-state index in [2.05, 4.69) is 13.8 Å². The number of esters is 1. The first-order valence-corrected chi connectivity index (χ1v) is 8.39. The molecule has 0 radical (unpaired) electrons. The number of fused-ring (bicyclic) bond motifs is 1. The first-order valence-electron chi connectivity index (χ1n) is 8.39. The minimum atomic E-state index is -0.985. The van der Waals surface area contributed by atoms with Gasteiger partial charge in [0, 0.05) is 11.8 Å². The monoisotopic (exact) mass is 310 g/mol. The summed E-state index contributed by atoms with van der Waals surface area (Å²) in [4.78, 5) is 23.7. The zero-order chi connectivity index (χ0) is 15.3. The van der Waals surface area contributed by atoms with Crippen LogP contribution in [0, 0.1) is 23.7 Å². The molecule has 6 heteroatoms. The SMILES string of the molecule is CC[C@@H]1CC2CC(=O)OC3OC4(C)OOC23C(C2OC24)[C@@H]1C. The fourth-order valence-corrected chi connectivity index (χ4v) is 5.49. The van der Waals surface area contributed by atoms with Crippen molar-refractivity contribution in [3.63, 3.8) is 0 Å². The molecule has 5 saturated heterocycles. The van der Waals surface area contributed by atoms with Gasteiger partial charge in [0.1, 0.15) is 6.10 Å². The second kappa shape index (κ2) is 4.04. The first kappa shape index (κ1) is 13.7. The third-order valence-electron chi connectivity index (χ3n) is 6.69. The van der Waals surface area contributed by atoms with E-state index in [4.69, 9.17) is 24.0 Å². The number of rotatable bonds is 1. The van der Waals surface area contributed by atoms with E-state index in [1.807, 2.05) is 0 Å². The van der Waals surface area contributed by atoms with Crippen molar-refractivity contribution in [3.05, 3.63) is 0 Å². The molecular weight excluding hydrogens is 288 g/mol. The summed E-state index contributed by atoms with van der Waals surface area (Å²) in [5.74, 6) is 0.00886. The first-order chi connectivity index (χ1) is 10.5. The Morgan fingerprint density at radius 2 is 2.14 bits per heavy atom. The number of ether oxygens (including phenoxy) is 3. The summed E-state index contributed by atoms with van der Waals surface area (Å²) in [6.07, 6.45) is 1.66. The lowest BCUT2D eigenvalue weighted by molar-refractivity contribution is -0.565. The lowest BCUT2D eigenvalue weighted by Crippen LogP contribution is -2.70. The van der Waals surface area contributed by atoms with Crippen LogP contribution >= 0.6 is 0 Å². The summed E-state index contributed by atoms with van der Waals surface area (Å²) in [5, 5.41) is 0. The van der Waals surface area contributed by atoms with Crippen LogP contribution in [0.4, 0.5) is 0 Å². The Kier molecular flexibility index (Phi) is 2.52. The molecule has 0 amide bonds. The van der Waals surface area contributed by atoms with E-state index < -0.39 is 17.7 Å². The molecule has 5 aliphatic heterocycles. The van der Waals surface area contributed by atoms with Gasteiger partial charge in [-0.1, -0.05) is 20.3 Å². The summed E-state index contributed by atoms with van der Waals surface area (Å²) < 4.78 is 17.6. The minimum Gasteiger partial charge on any atom is -0.432 e. The molecular formula is C16H22O6. The normalized spacial score (nSPS) is 61.8. The van der Waals surface area contributed by atoms with Crippen LogP contribution in [0.1, 0.15) is 40.0 Å². The van der Waals surface area contributed by atoms with Crippen molar-refractivity contribution in [2.45, 2.75) is 69.9 Å². The Hall–Kier alpha value is -0.690. The van der Waals surface area contributed by atoms with Crippen molar-refractivity contribution in [2.75, 3.05) is 0 Å². The van der Waals surface area contributed by atoms with Gasteiger partial charge in [0.15, 0.2) is 5.60 Å². The Morgan fingerprint density at radius 3 is 2.91 bits per heavy atom. The molecule has 6 aliphatic rings. The van der Waals surface area contributed by atoms with Crippen LogP contribution < -0.4 is 0 Å². The van der Waals surface area contributed by atoms with E-state index >= 15 is 0 Å². The fourth-order valence-electron chi connectivity index (χ4n) is 5.49. The summed E-state index contributed by atoms with van der Waals surface area (Å²) >= 11 is 0. The molecule has 2 bridgehead atoms. The molecule has 6 rings (SSSR count). The molecule has 9 atom stereocenters. The molecule has 0 N–H and O–H groups in total. The average molecular weight is 310 g/mol. The molecule has 1 saturated carbocycles. The molecule has 7 unspecified atom stereocenters. The summed E-state index contributed by atoms with van der Waals surface area (Å²) in [6, 6.07) is 0. The van der Waals surface area contributed by atoms with Crippen molar-refractivity contribution in [2.24, 2.45) is 23.7 Å². The molecule has 1 spiro atoms. The van der Waals surface area contributed by atoms with Gasteiger partial charge in [-0.05, 0) is 25.2 Å². The lowest BCUT2D eigenvalue weighted by Gasteiger charge is -2.58. The number of epoxide rings is 1. The van der Waals surface area contributed by atoms with Gasteiger partial charge in [-0.2, -0.15) is 4.89 Å². The smallest absolute Gasteiger partial charge is 0.308 e. The van der Waals surface area contributed by atoms with Crippen LogP contribution in [0.2, 0.25) is 0 Å². The molecule has 0 aromatic carbocycles. The van der Waals surface area contributed by atoms with Gasteiger partial charge >= 0.3 is 5.97 Å². The topological polar surface area (TPSA) is 66.5 Å². The zero-order valence-corrected chi connectivity index (χ0v) is 13.1. The van der Waals surface area contributed by atoms with Crippen molar-refractivity contribution in [1.82, 2.24) is 0 Å². The van der Waals surface area contributed by atoms with E-state index in [1.165, 1.54) is 0 Å². The molecule has 6 fully saturated rings. The summed E-state index contributed by atoms with van der Waals surface area (Å²) in [6.45, 7) is 6.29. The second-order valence-electron chi connectivity index (χ2n) is 7.69. The standard InChI is InChI=1S/C16H22O6/c1-4-8-5-9-6-10(17)18-14-16(9)11(7(8)2)12-13(19-12)15(3,20-14)21-22-16/h7-9,11-14H,4-6H2,1-3H3/t7-,8-,9?,11?,12?,13?,14?,15?,16?/m1/s1. The Morgan fingerprint density at radius 1 is 1.32 bits per heavy atom. The van der Waals surface area contributed by atoms with Crippen LogP contribution in [0.3, 0.4) is 0 Å². The number of hydrogen-bond donors (Lipinski definition) is 0. The van der Waals surface area contributed by atoms with Crippen molar-refractivity contribution >= 4 is 5.97 Å². The number of hydrogen-bond acceptors (Lipinski definition) is 6. The summed E-state index contributed by atoms with van der Waals surface area (Å²) in [7, 11) is 0. The van der Waals surface area contributed by atoms with Crippen molar-refractivity contribution in [3.8, 4) is 0 Å². The number of carbonyl (C=O) groups excluding carboxylic acids is 1. The van der Waals surface area contributed by atoms with Crippen LogP contribution in [-0.2, 0) is 28.8 Å². The highest BCUT2D eigenvalue weighted by atomic mass is 17.3. The molecule has 5 heterocycles. The van der Waals surface area contributed by atoms with Gasteiger partial charge in [0.2, 0.25) is 12.1 Å². The van der Waals surface area contributed by atoms with Gasteiger partial charge in [-0.3, -0.25) is 4.79 Å². The molecule has 0 aromatic rings. The van der Waals surface area contributed by atoms with Gasteiger partial charge < -0.3 is 14.2 Å². The molecule has 6 nitrogen and oxygen atoms in total. The van der Waals surface area contributed by atoms with Crippen molar-refractivity contribution < 1.29 is 28.8 Å². The largest absolute Gasteiger partial charge is 0.432 e. The lowest BCUT2D eigenvalue weighted by atomic mass is 9.56. The molecule has 1 aliphatic carbocycles. The molecule has 122 valence electrons. The Labute approximate surface area is 129 Å². The maximum atomic E-state index is 12.0. The average Bonchev–Trinajstić information content (AvgIpc) is 3.26. The highest BCUT2D eigenvalue weighted by Crippen LogP contribution is 2.64. The fraction of sp³-hybridized carbons (Fsp3) is 0.938. The minimum absolute atomic E-state index is 0.0670. The third kappa shape index (κ3) is 1.43. The van der Waals surface area contributed by atoms with Gasteiger partial charge in [0.05, 0.1) is 12.5 Å². The van der Waals surface area contributed by atoms with E-state index in [0.717, 1.165) is 12.8 Å². The maximum absolute atomic E-state index is 12.0. The summed E-state index contributed by atoms with van der Waals surface area (Å²) in [5.41, 5.74) is -0.714. The Balaban J connectivity index is 1.66. The third-order valence-corrected chi connectivity index (χ3v) is 6.69. The van der Waals surface area contributed by atoms with Crippen LogP contribution in [0.25, 0.3) is 0 Å². The van der Waals surface area contributed by atoms with Gasteiger partial charge in [-0.25, -0.2) is 4.89 Å². The molecule has 0 aromatic heterocycles. The second-order valence-corrected chi connectivity index (χ2v) is 7.69. The Bertz CT molecular complexity index is 537. The van der Waals surface area contributed by atoms with Crippen LogP contribution in [0.15, 0.2) is 0 Å². The number of carbonyl (C=O) groups is 1.